The number of carbonyl (C=O) groups is 2. The molecule has 0 radical (unpaired) electrons. The standard InChI is InChI=1S/C15H30N2O2/c1-13(2,3)10(16-11(18)14(4,5)6)17-12(19)15(7,8)9/h10H,1-9H3,(H,16,18)(H,17,19). The highest BCUT2D eigenvalue weighted by molar-refractivity contribution is 5.84. The summed E-state index contributed by atoms with van der Waals surface area (Å²) in [7, 11) is 0. The summed E-state index contributed by atoms with van der Waals surface area (Å²) in [4.78, 5) is 24.2. The van der Waals surface area contributed by atoms with Crippen molar-refractivity contribution in [3.05, 3.63) is 0 Å². The Morgan fingerprint density at radius 1 is 0.684 bits per heavy atom. The molecule has 2 N–H and O–H groups in total. The average Bonchev–Trinajstić information content (AvgIpc) is 2.11. The lowest BCUT2D eigenvalue weighted by Gasteiger charge is -2.36. The highest BCUT2D eigenvalue weighted by Crippen LogP contribution is 2.22. The fraction of sp³-hybridized carbons (Fsp3) is 0.867. The first-order valence-corrected chi connectivity index (χ1v) is 6.77. The minimum atomic E-state index is -0.476. The minimum Gasteiger partial charge on any atom is -0.335 e. The molecule has 0 aliphatic rings. The molecule has 0 heterocycles. The second-order valence-electron chi connectivity index (χ2n) is 8.25. The van der Waals surface area contributed by atoms with Crippen LogP contribution in [0.1, 0.15) is 62.3 Å². The summed E-state index contributed by atoms with van der Waals surface area (Å²) >= 11 is 0. The van der Waals surface area contributed by atoms with E-state index in [0.29, 0.717) is 0 Å². The van der Waals surface area contributed by atoms with Crippen molar-refractivity contribution in [1.29, 1.82) is 0 Å². The molecule has 0 aromatic heterocycles. The second-order valence-corrected chi connectivity index (χ2v) is 8.25. The van der Waals surface area contributed by atoms with Gasteiger partial charge in [0.05, 0.1) is 0 Å². The van der Waals surface area contributed by atoms with Gasteiger partial charge in [-0.3, -0.25) is 9.59 Å². The van der Waals surface area contributed by atoms with Gasteiger partial charge in [0.2, 0.25) is 11.8 Å². The van der Waals surface area contributed by atoms with Gasteiger partial charge in [-0.15, -0.1) is 0 Å². The quantitative estimate of drug-likeness (QED) is 0.758. The molecule has 2 amide bonds. The fourth-order valence-corrected chi connectivity index (χ4v) is 1.16. The topological polar surface area (TPSA) is 58.2 Å². The van der Waals surface area contributed by atoms with Crippen LogP contribution in [-0.4, -0.2) is 18.0 Å². The number of hydrogen-bond acceptors (Lipinski definition) is 2. The molecule has 0 aliphatic heterocycles. The first kappa shape index (κ1) is 17.9. The third-order valence-corrected chi connectivity index (χ3v) is 2.78. The molecule has 0 unspecified atom stereocenters. The van der Waals surface area contributed by atoms with E-state index < -0.39 is 10.8 Å². The van der Waals surface area contributed by atoms with Crippen molar-refractivity contribution in [2.24, 2.45) is 16.2 Å². The van der Waals surface area contributed by atoms with Gasteiger partial charge in [0.15, 0.2) is 0 Å². The highest BCUT2D eigenvalue weighted by atomic mass is 16.2. The summed E-state index contributed by atoms with van der Waals surface area (Å²) in [5.74, 6) is -0.136. The predicted octanol–water partition coefficient (Wildman–Crippen LogP) is 2.68. The zero-order valence-electron chi connectivity index (χ0n) is 13.9. The summed E-state index contributed by atoms with van der Waals surface area (Å²) in [5, 5.41) is 5.86. The van der Waals surface area contributed by atoms with Gasteiger partial charge < -0.3 is 10.6 Å². The molecule has 0 saturated heterocycles. The smallest absolute Gasteiger partial charge is 0.226 e. The summed E-state index contributed by atoms with van der Waals surface area (Å²) < 4.78 is 0. The Bertz CT molecular complexity index is 313. The minimum absolute atomic E-state index is 0.0679. The molecule has 0 fully saturated rings. The van der Waals surface area contributed by atoms with Gasteiger partial charge in [-0.05, 0) is 0 Å². The summed E-state index contributed by atoms with van der Waals surface area (Å²) in [6.07, 6.45) is -0.383. The first-order chi connectivity index (χ1) is 8.15. The second kappa shape index (κ2) is 5.51. The van der Waals surface area contributed by atoms with E-state index in [0.717, 1.165) is 0 Å². The number of hydrogen-bond donors (Lipinski definition) is 2. The van der Waals surface area contributed by atoms with E-state index in [2.05, 4.69) is 10.6 Å². The Morgan fingerprint density at radius 3 is 1.11 bits per heavy atom. The number of amides is 2. The summed E-state index contributed by atoms with van der Waals surface area (Å²) in [6, 6.07) is 0. The van der Waals surface area contributed by atoms with Crippen molar-refractivity contribution in [2.75, 3.05) is 0 Å². The Labute approximate surface area is 117 Å². The molecule has 0 rings (SSSR count). The fourth-order valence-electron chi connectivity index (χ4n) is 1.16. The number of carbonyl (C=O) groups excluding carboxylic acids is 2. The van der Waals surface area contributed by atoms with Gasteiger partial charge in [-0.25, -0.2) is 0 Å². The maximum Gasteiger partial charge on any atom is 0.226 e. The normalized spacial score (nSPS) is 13.4. The zero-order chi connectivity index (χ0) is 15.6. The van der Waals surface area contributed by atoms with Crippen LogP contribution >= 0.6 is 0 Å². The number of rotatable bonds is 2. The Hall–Kier alpha value is -1.06. The summed E-state index contributed by atoms with van der Waals surface area (Å²) in [6.45, 7) is 17.1. The molecule has 0 bridgehead atoms. The van der Waals surface area contributed by atoms with E-state index in [9.17, 15) is 9.59 Å². The lowest BCUT2D eigenvalue weighted by molar-refractivity contribution is -0.134. The molecule has 0 aromatic rings. The van der Waals surface area contributed by atoms with Crippen LogP contribution in [0.2, 0.25) is 0 Å². The van der Waals surface area contributed by atoms with Crippen molar-refractivity contribution in [3.63, 3.8) is 0 Å². The van der Waals surface area contributed by atoms with Gasteiger partial charge in [-0.2, -0.15) is 0 Å². The molecule has 19 heavy (non-hydrogen) atoms. The molecule has 0 spiro atoms. The molecule has 112 valence electrons. The predicted molar refractivity (Wildman–Crippen MR) is 78.4 cm³/mol. The molecule has 4 heteroatoms. The molecule has 4 nitrogen and oxygen atoms in total. The lowest BCUT2D eigenvalue weighted by atomic mass is 9.88. The Morgan fingerprint density at radius 2 is 0.947 bits per heavy atom. The van der Waals surface area contributed by atoms with Gasteiger partial charge in [0.25, 0.3) is 0 Å². The molecule has 0 saturated carbocycles. The maximum absolute atomic E-state index is 12.1. The van der Waals surface area contributed by atoms with Crippen molar-refractivity contribution in [2.45, 2.75) is 68.5 Å². The number of nitrogens with one attached hydrogen (secondary N) is 2. The lowest BCUT2D eigenvalue weighted by Crippen LogP contribution is -2.58. The van der Waals surface area contributed by atoms with Crippen LogP contribution in [0.25, 0.3) is 0 Å². The molecule has 0 atom stereocenters. The zero-order valence-corrected chi connectivity index (χ0v) is 13.9. The molecular formula is C15H30N2O2. The van der Waals surface area contributed by atoms with E-state index in [1.54, 1.807) is 0 Å². The Kier molecular flexibility index (Phi) is 5.21. The first-order valence-electron chi connectivity index (χ1n) is 6.77. The van der Waals surface area contributed by atoms with E-state index >= 15 is 0 Å². The van der Waals surface area contributed by atoms with Gasteiger partial charge in [0, 0.05) is 16.2 Å². The van der Waals surface area contributed by atoms with Crippen molar-refractivity contribution in [3.8, 4) is 0 Å². The third kappa shape index (κ3) is 6.08. The van der Waals surface area contributed by atoms with Crippen LogP contribution in [0.4, 0.5) is 0 Å². The van der Waals surface area contributed by atoms with Crippen molar-refractivity contribution in [1.82, 2.24) is 10.6 Å². The van der Waals surface area contributed by atoms with Crippen LogP contribution in [0.3, 0.4) is 0 Å². The van der Waals surface area contributed by atoms with Crippen LogP contribution in [-0.2, 0) is 9.59 Å². The average molecular weight is 270 g/mol. The molecule has 0 aromatic carbocycles. The molecular weight excluding hydrogens is 240 g/mol. The van der Waals surface area contributed by atoms with Crippen LogP contribution < -0.4 is 10.6 Å². The van der Waals surface area contributed by atoms with Crippen LogP contribution in [0.5, 0.6) is 0 Å². The SMILES string of the molecule is CC(C)(C)C(=O)NC(NC(=O)C(C)(C)C)C(C)(C)C. The maximum atomic E-state index is 12.1. The van der Waals surface area contributed by atoms with E-state index in [1.165, 1.54) is 0 Å². The Balaban J connectivity index is 4.98. The van der Waals surface area contributed by atoms with E-state index in [-0.39, 0.29) is 23.4 Å². The summed E-state index contributed by atoms with van der Waals surface area (Å²) in [5.41, 5.74) is -1.20. The van der Waals surface area contributed by atoms with Crippen molar-refractivity contribution < 1.29 is 9.59 Å². The van der Waals surface area contributed by atoms with Crippen LogP contribution in [0, 0.1) is 16.2 Å². The highest BCUT2D eigenvalue weighted by Gasteiger charge is 2.33. The van der Waals surface area contributed by atoms with Gasteiger partial charge >= 0.3 is 0 Å². The monoisotopic (exact) mass is 270 g/mol. The van der Waals surface area contributed by atoms with Crippen molar-refractivity contribution >= 4 is 11.8 Å². The third-order valence-electron chi connectivity index (χ3n) is 2.78. The van der Waals surface area contributed by atoms with E-state index in [1.807, 2.05) is 62.3 Å². The van der Waals surface area contributed by atoms with E-state index in [4.69, 9.17) is 0 Å². The van der Waals surface area contributed by atoms with Gasteiger partial charge in [0.1, 0.15) is 6.17 Å². The van der Waals surface area contributed by atoms with Crippen LogP contribution in [0.15, 0.2) is 0 Å². The van der Waals surface area contributed by atoms with Gasteiger partial charge in [-0.1, -0.05) is 62.3 Å². The largest absolute Gasteiger partial charge is 0.335 e. The molecule has 0 aliphatic carbocycles.